The Labute approximate surface area is 176 Å². The molecule has 1 N–H and O–H groups in total. The van der Waals surface area contributed by atoms with Crippen LogP contribution in [-0.4, -0.2) is 37.0 Å². The third-order valence-corrected chi connectivity index (χ3v) is 7.01. The Balaban J connectivity index is 1.39. The highest BCUT2D eigenvalue weighted by Crippen LogP contribution is 2.32. The van der Waals surface area contributed by atoms with E-state index in [-0.39, 0.29) is 23.4 Å². The van der Waals surface area contributed by atoms with Gasteiger partial charge in [-0.2, -0.15) is 8.42 Å². The van der Waals surface area contributed by atoms with Crippen molar-refractivity contribution in [3.05, 3.63) is 78.2 Å². The molecule has 0 unspecified atom stereocenters. The topological polar surface area (TPSA) is 84.3 Å². The predicted octanol–water partition coefficient (Wildman–Crippen LogP) is 2.55. The van der Waals surface area contributed by atoms with Crippen LogP contribution in [0, 0.1) is 0 Å². The number of fused-ring (bicyclic) bond motifs is 1. The lowest BCUT2D eigenvalue weighted by atomic mass is 10.0. The molecule has 0 fully saturated rings. The fourth-order valence-electron chi connectivity index (χ4n) is 3.62. The normalized spacial score (nSPS) is 14.4. The minimum absolute atomic E-state index is 0.0145. The van der Waals surface area contributed by atoms with E-state index in [4.69, 9.17) is 0 Å². The van der Waals surface area contributed by atoms with Gasteiger partial charge in [0.25, 0.3) is 10.0 Å². The summed E-state index contributed by atoms with van der Waals surface area (Å²) in [5.41, 5.74) is 2.85. The molecule has 0 saturated carbocycles. The van der Waals surface area contributed by atoms with Crippen molar-refractivity contribution in [3.8, 4) is 0 Å². The molecule has 3 aromatic rings. The van der Waals surface area contributed by atoms with Gasteiger partial charge < -0.3 is 9.88 Å². The number of anilines is 1. The molecule has 1 amide bonds. The number of sulfonamides is 1. The number of imidazole rings is 1. The Morgan fingerprint density at radius 1 is 1.13 bits per heavy atom. The molecule has 0 spiro atoms. The number of rotatable bonds is 7. The average molecular weight is 425 g/mol. The van der Waals surface area contributed by atoms with Gasteiger partial charge in [0.2, 0.25) is 5.91 Å². The van der Waals surface area contributed by atoms with Crippen LogP contribution in [-0.2, 0) is 27.8 Å². The van der Waals surface area contributed by atoms with Crippen LogP contribution in [0.4, 0.5) is 5.69 Å². The third kappa shape index (κ3) is 4.09. The summed E-state index contributed by atoms with van der Waals surface area (Å²) in [6.07, 6.45) is 3.48. The van der Waals surface area contributed by atoms with Crippen LogP contribution < -0.4 is 9.62 Å². The molecule has 156 valence electrons. The maximum atomic E-state index is 13.0. The van der Waals surface area contributed by atoms with Gasteiger partial charge in [-0.25, -0.2) is 4.98 Å². The number of hydrogen-bond donors (Lipinski definition) is 1. The van der Waals surface area contributed by atoms with Crippen LogP contribution in [0.3, 0.4) is 0 Å². The molecule has 1 aliphatic rings. The Bertz CT molecular complexity index is 1140. The lowest BCUT2D eigenvalue weighted by Crippen LogP contribution is -2.30. The summed E-state index contributed by atoms with van der Waals surface area (Å²) < 4.78 is 28.9. The van der Waals surface area contributed by atoms with E-state index >= 15 is 0 Å². The smallest absolute Gasteiger partial charge is 0.283 e. The monoisotopic (exact) mass is 424 g/mol. The van der Waals surface area contributed by atoms with E-state index in [9.17, 15) is 13.2 Å². The minimum Gasteiger partial charge on any atom is -0.354 e. The number of nitrogens with one attached hydrogen (secondary N) is 1. The molecule has 0 aliphatic carbocycles. The Morgan fingerprint density at radius 2 is 1.87 bits per heavy atom. The van der Waals surface area contributed by atoms with Crippen molar-refractivity contribution in [2.45, 2.75) is 30.8 Å². The maximum Gasteiger partial charge on any atom is 0.283 e. The van der Waals surface area contributed by atoms with E-state index in [0.29, 0.717) is 25.2 Å². The zero-order valence-electron chi connectivity index (χ0n) is 16.7. The van der Waals surface area contributed by atoms with Crippen LogP contribution in [0.15, 0.2) is 72.1 Å². The summed E-state index contributed by atoms with van der Waals surface area (Å²) in [6.45, 7) is 2.96. The molecular weight excluding hydrogens is 400 g/mol. The molecule has 7 nitrogen and oxygen atoms in total. The zero-order chi connectivity index (χ0) is 21.1. The van der Waals surface area contributed by atoms with Crippen LogP contribution >= 0.6 is 0 Å². The standard InChI is InChI=1S/C22H24N4O3S/c1-17(18-7-3-2-4-8-18)13-23-21(27)14-25-15-22(24-16-25)30(28,29)26-12-11-19-9-5-6-10-20(19)26/h2-10,15-17H,11-14H2,1H3,(H,23,27)/t17-/m1/s1. The van der Waals surface area contributed by atoms with Crippen molar-refractivity contribution in [2.75, 3.05) is 17.4 Å². The van der Waals surface area contributed by atoms with Gasteiger partial charge in [-0.3, -0.25) is 9.10 Å². The van der Waals surface area contributed by atoms with Crippen LogP contribution in [0.1, 0.15) is 24.0 Å². The number of carbonyl (C=O) groups is 1. The third-order valence-electron chi connectivity index (χ3n) is 5.31. The predicted molar refractivity (Wildman–Crippen MR) is 115 cm³/mol. The fraction of sp³-hybridized carbons (Fsp3) is 0.273. The molecule has 1 aromatic heterocycles. The van der Waals surface area contributed by atoms with E-state index in [1.54, 1.807) is 6.07 Å². The summed E-state index contributed by atoms with van der Waals surface area (Å²) in [7, 11) is -3.76. The second-order valence-electron chi connectivity index (χ2n) is 7.46. The molecule has 0 radical (unpaired) electrons. The molecule has 1 aliphatic heterocycles. The number of amides is 1. The Morgan fingerprint density at radius 3 is 2.67 bits per heavy atom. The molecular formula is C22H24N4O3S. The molecule has 30 heavy (non-hydrogen) atoms. The highest BCUT2D eigenvalue weighted by atomic mass is 32.2. The molecule has 2 aromatic carbocycles. The van der Waals surface area contributed by atoms with Gasteiger partial charge >= 0.3 is 0 Å². The fourth-order valence-corrected chi connectivity index (χ4v) is 5.06. The molecule has 4 rings (SSSR count). The van der Waals surface area contributed by atoms with Gasteiger partial charge in [-0.15, -0.1) is 0 Å². The van der Waals surface area contributed by atoms with Crippen molar-refractivity contribution in [1.29, 1.82) is 0 Å². The van der Waals surface area contributed by atoms with Crippen molar-refractivity contribution in [3.63, 3.8) is 0 Å². The number of carbonyl (C=O) groups excluding carboxylic acids is 1. The van der Waals surface area contributed by atoms with Crippen LogP contribution in [0.25, 0.3) is 0 Å². The van der Waals surface area contributed by atoms with Gasteiger partial charge in [0.05, 0.1) is 12.0 Å². The van der Waals surface area contributed by atoms with E-state index in [0.717, 1.165) is 11.1 Å². The maximum absolute atomic E-state index is 13.0. The summed E-state index contributed by atoms with van der Waals surface area (Å²) in [5, 5.41) is 2.85. The molecule has 2 heterocycles. The van der Waals surface area contributed by atoms with Crippen molar-refractivity contribution in [2.24, 2.45) is 0 Å². The first-order valence-electron chi connectivity index (χ1n) is 9.89. The summed E-state index contributed by atoms with van der Waals surface area (Å²) in [5.74, 6) is -0.00485. The average Bonchev–Trinajstić information content (AvgIpc) is 3.40. The molecule has 0 saturated heterocycles. The summed E-state index contributed by atoms with van der Waals surface area (Å²) in [6, 6.07) is 17.4. The first kappa shape index (κ1) is 20.2. The Kier molecular flexibility index (Phi) is 5.59. The highest BCUT2D eigenvalue weighted by Gasteiger charge is 2.32. The van der Waals surface area contributed by atoms with Gasteiger partial charge in [0, 0.05) is 19.3 Å². The zero-order valence-corrected chi connectivity index (χ0v) is 17.5. The van der Waals surface area contributed by atoms with Crippen LogP contribution in [0.2, 0.25) is 0 Å². The SMILES string of the molecule is C[C@H](CNC(=O)Cn1cnc(S(=O)(=O)N2CCc3ccccc32)c1)c1ccccc1. The van der Waals surface area contributed by atoms with Crippen molar-refractivity contribution >= 4 is 21.6 Å². The lowest BCUT2D eigenvalue weighted by molar-refractivity contribution is -0.121. The second-order valence-corrected chi connectivity index (χ2v) is 9.27. The van der Waals surface area contributed by atoms with Crippen molar-refractivity contribution in [1.82, 2.24) is 14.9 Å². The van der Waals surface area contributed by atoms with Crippen molar-refractivity contribution < 1.29 is 13.2 Å². The number of aromatic nitrogens is 2. The quantitative estimate of drug-likeness (QED) is 0.632. The van der Waals surface area contributed by atoms with E-state index in [2.05, 4.69) is 10.3 Å². The number of nitrogens with zero attached hydrogens (tertiary/aromatic N) is 3. The Hall–Kier alpha value is -3.13. The summed E-state index contributed by atoms with van der Waals surface area (Å²) >= 11 is 0. The first-order chi connectivity index (χ1) is 14.4. The lowest BCUT2D eigenvalue weighted by Gasteiger charge is -2.17. The number of benzene rings is 2. The van der Waals surface area contributed by atoms with Gasteiger partial charge in [0.15, 0.2) is 5.03 Å². The van der Waals surface area contributed by atoms with E-state index < -0.39 is 10.0 Å². The number of para-hydroxylation sites is 1. The van der Waals surface area contributed by atoms with E-state index in [1.165, 1.54) is 21.4 Å². The van der Waals surface area contributed by atoms with Crippen LogP contribution in [0.5, 0.6) is 0 Å². The molecule has 0 bridgehead atoms. The largest absolute Gasteiger partial charge is 0.354 e. The molecule has 8 heteroatoms. The van der Waals surface area contributed by atoms with Gasteiger partial charge in [-0.05, 0) is 29.5 Å². The summed E-state index contributed by atoms with van der Waals surface area (Å²) in [4.78, 5) is 16.4. The number of hydrogen-bond acceptors (Lipinski definition) is 4. The minimum atomic E-state index is -3.76. The highest BCUT2D eigenvalue weighted by molar-refractivity contribution is 7.92. The van der Waals surface area contributed by atoms with E-state index in [1.807, 2.05) is 55.5 Å². The van der Waals surface area contributed by atoms with Gasteiger partial charge in [0.1, 0.15) is 6.54 Å². The van der Waals surface area contributed by atoms with Gasteiger partial charge in [-0.1, -0.05) is 55.5 Å². The molecule has 1 atom stereocenters. The second kappa shape index (κ2) is 8.31. The first-order valence-corrected chi connectivity index (χ1v) is 11.3.